The highest BCUT2D eigenvalue weighted by Crippen LogP contribution is 2.36. The van der Waals surface area contributed by atoms with Crippen LogP contribution in [0.2, 0.25) is 0 Å². The molecule has 0 aliphatic carbocycles. The second-order valence-corrected chi connectivity index (χ2v) is 7.16. The Kier molecular flexibility index (Phi) is 11.5. The molecular weight excluding hydrogens is 560 g/mol. The second kappa shape index (κ2) is 12.5. The highest BCUT2D eigenvalue weighted by Gasteiger charge is 2.60. The van der Waals surface area contributed by atoms with Crippen molar-refractivity contribution >= 4 is 23.9 Å². The monoisotopic (exact) mass is 576 g/mol. The molecule has 0 aromatic carbocycles. The lowest BCUT2D eigenvalue weighted by atomic mass is 9.97. The van der Waals surface area contributed by atoms with Gasteiger partial charge in [-0.05, 0) is 6.42 Å². The molecular formula is C17H16F12O8. The average molecular weight is 576 g/mol. The third-order valence-electron chi connectivity index (χ3n) is 3.86. The molecule has 216 valence electrons. The van der Waals surface area contributed by atoms with Gasteiger partial charge in [-0.2, -0.15) is 52.7 Å². The predicted octanol–water partition coefficient (Wildman–Crippen LogP) is 3.81. The minimum atomic E-state index is -6.02. The minimum Gasteiger partial charge on any atom is -0.453 e. The number of hydrogen-bond acceptors (Lipinski definition) is 8. The van der Waals surface area contributed by atoms with Gasteiger partial charge in [-0.25, -0.2) is 9.59 Å². The molecule has 0 fully saturated rings. The normalized spacial score (nSPS) is 14.7. The van der Waals surface area contributed by atoms with Crippen molar-refractivity contribution < 1.29 is 90.8 Å². The Bertz CT molecular complexity index is 721. The van der Waals surface area contributed by atoms with E-state index in [4.69, 9.17) is 0 Å². The lowest BCUT2D eigenvalue weighted by Crippen LogP contribution is -2.46. The van der Waals surface area contributed by atoms with Gasteiger partial charge >= 0.3 is 48.6 Å². The van der Waals surface area contributed by atoms with Gasteiger partial charge in [0.1, 0.15) is 0 Å². The van der Waals surface area contributed by atoms with E-state index >= 15 is 0 Å². The molecule has 0 saturated carbocycles. The molecule has 0 aliphatic rings. The highest BCUT2D eigenvalue weighted by molar-refractivity contribution is 5.80. The van der Waals surface area contributed by atoms with Crippen LogP contribution in [0.3, 0.4) is 0 Å². The number of carbonyl (C=O) groups is 4. The Morgan fingerprint density at radius 2 is 0.784 bits per heavy atom. The molecule has 2 unspecified atom stereocenters. The number of ether oxygens (including phenoxy) is 4. The third kappa shape index (κ3) is 12.2. The largest absolute Gasteiger partial charge is 0.453 e. The summed E-state index contributed by atoms with van der Waals surface area (Å²) >= 11 is 0. The van der Waals surface area contributed by atoms with Crippen LogP contribution in [-0.4, -0.2) is 74.0 Å². The summed E-state index contributed by atoms with van der Waals surface area (Å²) in [4.78, 5) is 45.9. The number of hydrogen-bond donors (Lipinski definition) is 0. The van der Waals surface area contributed by atoms with Crippen LogP contribution >= 0.6 is 0 Å². The second-order valence-electron chi connectivity index (χ2n) is 7.16. The van der Waals surface area contributed by atoms with Crippen molar-refractivity contribution in [2.45, 2.75) is 57.2 Å². The number of rotatable bonds is 10. The van der Waals surface area contributed by atoms with Crippen LogP contribution in [-0.2, 0) is 38.1 Å². The summed E-state index contributed by atoms with van der Waals surface area (Å²) in [6, 6.07) is 0. The summed E-state index contributed by atoms with van der Waals surface area (Å²) in [5, 5.41) is 0. The fraction of sp³-hybridized carbons (Fsp3) is 0.765. The van der Waals surface area contributed by atoms with E-state index in [0.717, 1.165) is 13.8 Å². The summed E-state index contributed by atoms with van der Waals surface area (Å²) < 4.78 is 163. The summed E-state index contributed by atoms with van der Waals surface area (Å²) in [5.74, 6) is -10.1. The zero-order valence-electron chi connectivity index (χ0n) is 18.2. The van der Waals surface area contributed by atoms with E-state index in [1.165, 1.54) is 0 Å². The van der Waals surface area contributed by atoms with Gasteiger partial charge in [0, 0.05) is 0 Å². The SMILES string of the molecule is CC(CC(C)C(=O)OCC(=O)OC(C(F)(F)F)C(F)(F)F)C(=O)OCC(=O)OC(C(F)(F)F)C(F)(F)F. The molecule has 0 amide bonds. The number of alkyl halides is 12. The standard InChI is InChI=1S/C17H16F12O8/c1-6(10(32)34-4-8(30)36-12(14(18,19)20)15(21,22)23)3-7(2)11(33)35-5-9(31)37-13(16(24,25)26)17(27,28)29/h6-7,12-13H,3-5H2,1-2H3. The van der Waals surface area contributed by atoms with Crippen LogP contribution in [0.1, 0.15) is 20.3 Å². The van der Waals surface area contributed by atoms with E-state index in [1.807, 2.05) is 0 Å². The fourth-order valence-electron chi connectivity index (χ4n) is 2.24. The maximum absolute atomic E-state index is 12.3. The number of halogens is 12. The van der Waals surface area contributed by atoms with Crippen molar-refractivity contribution in [3.8, 4) is 0 Å². The maximum atomic E-state index is 12.3. The van der Waals surface area contributed by atoms with Gasteiger partial charge in [-0.3, -0.25) is 9.59 Å². The lowest BCUT2D eigenvalue weighted by molar-refractivity contribution is -0.314. The first-order valence-electron chi connectivity index (χ1n) is 9.36. The summed E-state index contributed by atoms with van der Waals surface area (Å²) in [6.07, 6.45) is -33.6. The van der Waals surface area contributed by atoms with Crippen LogP contribution in [0, 0.1) is 11.8 Å². The summed E-state index contributed by atoms with van der Waals surface area (Å²) in [5.41, 5.74) is 0. The molecule has 0 aromatic rings. The molecule has 0 aromatic heterocycles. The van der Waals surface area contributed by atoms with Crippen LogP contribution in [0.5, 0.6) is 0 Å². The molecule has 2 atom stereocenters. The van der Waals surface area contributed by atoms with Gasteiger partial charge in [-0.15, -0.1) is 0 Å². The van der Waals surface area contributed by atoms with E-state index < -0.39 is 92.3 Å². The van der Waals surface area contributed by atoms with Gasteiger partial charge < -0.3 is 18.9 Å². The Balaban J connectivity index is 4.75. The van der Waals surface area contributed by atoms with Gasteiger partial charge in [-0.1, -0.05) is 13.8 Å². The Morgan fingerprint density at radius 1 is 0.541 bits per heavy atom. The van der Waals surface area contributed by atoms with Crippen LogP contribution in [0.15, 0.2) is 0 Å². The van der Waals surface area contributed by atoms with E-state index in [9.17, 15) is 71.9 Å². The number of carbonyl (C=O) groups excluding carboxylic acids is 4. The first-order chi connectivity index (χ1) is 16.4. The Hall–Kier alpha value is -2.96. The summed E-state index contributed by atoms with van der Waals surface area (Å²) in [7, 11) is 0. The van der Waals surface area contributed by atoms with E-state index in [0.29, 0.717) is 0 Å². The van der Waals surface area contributed by atoms with Crippen molar-refractivity contribution in [3.05, 3.63) is 0 Å². The van der Waals surface area contributed by atoms with Crippen molar-refractivity contribution in [1.82, 2.24) is 0 Å². The molecule has 0 bridgehead atoms. The quantitative estimate of drug-likeness (QED) is 0.220. The smallest absolute Gasteiger partial charge is 0.434 e. The van der Waals surface area contributed by atoms with Gasteiger partial charge in [0.05, 0.1) is 11.8 Å². The first-order valence-corrected chi connectivity index (χ1v) is 9.36. The Labute approximate surface area is 198 Å². The summed E-state index contributed by atoms with van der Waals surface area (Å²) in [6.45, 7) is -1.37. The molecule has 8 nitrogen and oxygen atoms in total. The van der Waals surface area contributed by atoms with Crippen LogP contribution in [0.4, 0.5) is 52.7 Å². The molecule has 0 radical (unpaired) electrons. The first kappa shape index (κ1) is 34.0. The van der Waals surface area contributed by atoms with Crippen LogP contribution < -0.4 is 0 Å². The molecule has 0 rings (SSSR count). The minimum absolute atomic E-state index is 0.580. The predicted molar refractivity (Wildman–Crippen MR) is 88.8 cm³/mol. The molecule has 0 saturated heterocycles. The molecule has 0 heterocycles. The number of esters is 4. The zero-order chi connectivity index (χ0) is 29.6. The Morgan fingerprint density at radius 3 is 1.00 bits per heavy atom. The van der Waals surface area contributed by atoms with E-state index in [1.54, 1.807) is 0 Å². The highest BCUT2D eigenvalue weighted by atomic mass is 19.4. The van der Waals surface area contributed by atoms with E-state index in [-0.39, 0.29) is 0 Å². The molecule has 37 heavy (non-hydrogen) atoms. The third-order valence-corrected chi connectivity index (χ3v) is 3.86. The zero-order valence-corrected chi connectivity index (χ0v) is 18.2. The van der Waals surface area contributed by atoms with Crippen molar-refractivity contribution in [2.75, 3.05) is 13.2 Å². The van der Waals surface area contributed by atoms with Gasteiger partial charge in [0.25, 0.3) is 12.2 Å². The van der Waals surface area contributed by atoms with Crippen molar-refractivity contribution in [1.29, 1.82) is 0 Å². The molecule has 0 spiro atoms. The molecule has 20 heteroatoms. The fourth-order valence-corrected chi connectivity index (χ4v) is 2.24. The van der Waals surface area contributed by atoms with Crippen molar-refractivity contribution in [2.24, 2.45) is 11.8 Å². The average Bonchev–Trinajstić information content (AvgIpc) is 2.68. The maximum Gasteiger partial charge on any atom is 0.434 e. The van der Waals surface area contributed by atoms with Gasteiger partial charge in [0.15, 0.2) is 13.2 Å². The topological polar surface area (TPSA) is 105 Å². The lowest BCUT2D eigenvalue weighted by Gasteiger charge is -2.23. The van der Waals surface area contributed by atoms with Crippen LogP contribution in [0.25, 0.3) is 0 Å². The molecule has 0 aliphatic heterocycles. The van der Waals surface area contributed by atoms with Gasteiger partial charge in [0.2, 0.25) is 0 Å². The van der Waals surface area contributed by atoms with E-state index in [2.05, 4.69) is 18.9 Å². The molecule has 0 N–H and O–H groups in total. The van der Waals surface area contributed by atoms with Crippen molar-refractivity contribution in [3.63, 3.8) is 0 Å².